The lowest BCUT2D eigenvalue weighted by Crippen LogP contribution is -2.49. The molecule has 2 aliphatic heterocycles. The third-order valence-corrected chi connectivity index (χ3v) is 5.40. The highest BCUT2D eigenvalue weighted by atomic mass is 16.3. The lowest BCUT2D eigenvalue weighted by Gasteiger charge is -2.38. The van der Waals surface area contributed by atoms with Crippen LogP contribution in [0, 0.1) is 0 Å². The first-order valence-electron chi connectivity index (χ1n) is 8.91. The molecule has 1 fully saturated rings. The number of carbonyl (C=O) groups is 1. The minimum atomic E-state index is 0.0899. The molecule has 3 aromatic rings. The fourth-order valence-corrected chi connectivity index (χ4v) is 4.21. The number of carbonyl (C=O) groups excluding carboxylic acids is 1. The van der Waals surface area contributed by atoms with Crippen molar-refractivity contribution in [3.05, 3.63) is 78.3 Å². The van der Waals surface area contributed by atoms with Crippen molar-refractivity contribution >= 4 is 5.91 Å². The Morgan fingerprint density at radius 2 is 2.00 bits per heavy atom. The number of nitrogens with zero attached hydrogens (tertiary/aromatic N) is 4. The molecule has 0 radical (unpaired) electrons. The van der Waals surface area contributed by atoms with Gasteiger partial charge in [0.05, 0.1) is 36.8 Å². The average Bonchev–Trinajstić information content (AvgIpc) is 3.40. The highest BCUT2D eigenvalue weighted by Gasteiger charge is 2.44. The van der Waals surface area contributed by atoms with Crippen molar-refractivity contribution < 1.29 is 9.21 Å². The summed E-state index contributed by atoms with van der Waals surface area (Å²) in [7, 11) is 0. The predicted molar refractivity (Wildman–Crippen MR) is 95.4 cm³/mol. The largest absolute Gasteiger partial charge is 0.472 e. The summed E-state index contributed by atoms with van der Waals surface area (Å²) in [5.41, 5.74) is 2.86. The van der Waals surface area contributed by atoms with E-state index in [4.69, 9.17) is 4.42 Å². The summed E-state index contributed by atoms with van der Waals surface area (Å²) in [5.74, 6) is 0.0899. The van der Waals surface area contributed by atoms with Gasteiger partial charge in [-0.15, -0.1) is 0 Å². The van der Waals surface area contributed by atoms with Crippen LogP contribution < -0.4 is 0 Å². The van der Waals surface area contributed by atoms with Crippen molar-refractivity contribution in [3.63, 3.8) is 0 Å². The first kappa shape index (κ1) is 15.4. The second-order valence-corrected chi connectivity index (χ2v) is 7.02. The van der Waals surface area contributed by atoms with Gasteiger partial charge in [-0.2, -0.15) is 0 Å². The van der Waals surface area contributed by atoms with Gasteiger partial charge in [0.1, 0.15) is 5.69 Å². The minimum absolute atomic E-state index is 0.0899. The van der Waals surface area contributed by atoms with Crippen LogP contribution >= 0.6 is 0 Å². The molecule has 0 spiro atoms. The fourth-order valence-electron chi connectivity index (χ4n) is 4.21. The van der Waals surface area contributed by atoms with Crippen LogP contribution in [0.5, 0.6) is 0 Å². The van der Waals surface area contributed by atoms with Crippen molar-refractivity contribution in [2.24, 2.45) is 0 Å². The van der Waals surface area contributed by atoms with Crippen molar-refractivity contribution in [1.29, 1.82) is 0 Å². The van der Waals surface area contributed by atoms with Crippen molar-refractivity contribution in [2.75, 3.05) is 13.1 Å². The monoisotopic (exact) mass is 348 g/mol. The molecule has 3 aromatic heterocycles. The Hall–Kier alpha value is -2.86. The zero-order valence-electron chi connectivity index (χ0n) is 14.4. The molecule has 26 heavy (non-hydrogen) atoms. The average molecular weight is 348 g/mol. The number of rotatable bonds is 4. The Morgan fingerprint density at radius 3 is 2.81 bits per heavy atom. The summed E-state index contributed by atoms with van der Waals surface area (Å²) in [6.45, 7) is 3.16. The van der Waals surface area contributed by atoms with E-state index in [9.17, 15) is 4.79 Å². The normalized spacial score (nSPS) is 22.5. The summed E-state index contributed by atoms with van der Waals surface area (Å²) < 4.78 is 7.35. The van der Waals surface area contributed by atoms with E-state index in [1.54, 1.807) is 18.7 Å². The van der Waals surface area contributed by atoms with E-state index in [0.717, 1.165) is 31.0 Å². The predicted octanol–water partition coefficient (Wildman–Crippen LogP) is 2.56. The van der Waals surface area contributed by atoms with Gasteiger partial charge in [-0.1, -0.05) is 6.07 Å². The van der Waals surface area contributed by atoms with Crippen LogP contribution in [-0.2, 0) is 13.1 Å². The molecule has 5 rings (SSSR count). The quantitative estimate of drug-likeness (QED) is 0.727. The van der Waals surface area contributed by atoms with Crippen molar-refractivity contribution in [1.82, 2.24) is 19.4 Å². The van der Waals surface area contributed by atoms with E-state index < -0.39 is 0 Å². The zero-order chi connectivity index (χ0) is 17.5. The number of furan rings is 1. The summed E-state index contributed by atoms with van der Waals surface area (Å²) in [5, 5.41) is 0. The number of aromatic nitrogens is 2. The number of amides is 1. The van der Waals surface area contributed by atoms with E-state index in [1.165, 1.54) is 5.56 Å². The van der Waals surface area contributed by atoms with Crippen LogP contribution in [0.1, 0.15) is 27.8 Å². The Labute approximate surface area is 151 Å². The molecular formula is C20H20N4O2. The van der Waals surface area contributed by atoms with Crippen molar-refractivity contribution in [2.45, 2.75) is 25.2 Å². The molecule has 0 N–H and O–H groups in total. The SMILES string of the molecule is O=C1c2cccn2[C@H]2CN(Cc3ccoc3)C[C@H]2N1Cc1ccccn1. The molecule has 0 unspecified atom stereocenters. The first-order valence-corrected chi connectivity index (χ1v) is 8.91. The smallest absolute Gasteiger partial charge is 0.271 e. The van der Waals surface area contributed by atoms with E-state index >= 15 is 0 Å². The standard InChI is InChI=1S/C20H20N4O2/c25-20-17-5-3-8-23(17)18-12-22(10-15-6-9-26-14-15)13-19(18)24(20)11-16-4-1-2-7-21-16/h1-9,14,18-19H,10-13H2/t18-,19+/m0/s1. The van der Waals surface area contributed by atoms with Gasteiger partial charge in [0.15, 0.2) is 0 Å². The molecule has 1 amide bonds. The molecule has 0 aliphatic carbocycles. The van der Waals surface area contributed by atoms with Gasteiger partial charge in [0, 0.05) is 37.6 Å². The van der Waals surface area contributed by atoms with Crippen LogP contribution in [-0.4, -0.2) is 44.4 Å². The molecule has 2 atom stereocenters. The van der Waals surface area contributed by atoms with E-state index in [2.05, 4.69) is 14.5 Å². The lowest BCUT2D eigenvalue weighted by atomic mass is 10.1. The molecule has 0 bridgehead atoms. The number of hydrogen-bond acceptors (Lipinski definition) is 4. The van der Waals surface area contributed by atoms with E-state index in [-0.39, 0.29) is 18.0 Å². The molecule has 5 heterocycles. The molecule has 6 nitrogen and oxygen atoms in total. The van der Waals surface area contributed by atoms with Crippen molar-refractivity contribution in [3.8, 4) is 0 Å². The second kappa shape index (κ2) is 6.14. The maximum absolute atomic E-state index is 13.1. The molecule has 132 valence electrons. The Balaban J connectivity index is 1.45. The van der Waals surface area contributed by atoms with Crippen LogP contribution in [0.25, 0.3) is 0 Å². The molecule has 0 aromatic carbocycles. The third kappa shape index (κ3) is 2.54. The zero-order valence-corrected chi connectivity index (χ0v) is 14.4. The van der Waals surface area contributed by atoms with Crippen LogP contribution in [0.2, 0.25) is 0 Å². The number of likely N-dealkylation sites (tertiary alicyclic amines) is 1. The molecule has 6 heteroatoms. The van der Waals surface area contributed by atoms with Crippen LogP contribution in [0.3, 0.4) is 0 Å². The maximum atomic E-state index is 13.1. The molecule has 0 saturated carbocycles. The van der Waals surface area contributed by atoms with Crippen LogP contribution in [0.4, 0.5) is 0 Å². The third-order valence-electron chi connectivity index (χ3n) is 5.40. The van der Waals surface area contributed by atoms with E-state index in [0.29, 0.717) is 6.54 Å². The van der Waals surface area contributed by atoms with Gasteiger partial charge in [-0.25, -0.2) is 0 Å². The van der Waals surface area contributed by atoms with Gasteiger partial charge in [-0.05, 0) is 30.3 Å². The second-order valence-electron chi connectivity index (χ2n) is 7.02. The van der Waals surface area contributed by atoms with Gasteiger partial charge in [0.25, 0.3) is 5.91 Å². The Kier molecular flexibility index (Phi) is 3.64. The fraction of sp³-hybridized carbons (Fsp3) is 0.300. The lowest BCUT2D eigenvalue weighted by molar-refractivity contribution is 0.0553. The summed E-state index contributed by atoms with van der Waals surface area (Å²) in [6.07, 6.45) is 7.31. The number of hydrogen-bond donors (Lipinski definition) is 0. The highest BCUT2D eigenvalue weighted by Crippen LogP contribution is 2.35. The highest BCUT2D eigenvalue weighted by molar-refractivity contribution is 5.94. The molecular weight excluding hydrogens is 328 g/mol. The number of pyridine rings is 1. The van der Waals surface area contributed by atoms with Crippen LogP contribution in [0.15, 0.2) is 65.7 Å². The minimum Gasteiger partial charge on any atom is -0.472 e. The van der Waals surface area contributed by atoms with E-state index in [1.807, 2.05) is 47.5 Å². The summed E-state index contributed by atoms with van der Waals surface area (Å²) >= 11 is 0. The Morgan fingerprint density at radius 1 is 1.08 bits per heavy atom. The van der Waals surface area contributed by atoms with Gasteiger partial charge < -0.3 is 13.9 Å². The number of fused-ring (bicyclic) bond motifs is 3. The van der Waals surface area contributed by atoms with Gasteiger partial charge >= 0.3 is 0 Å². The summed E-state index contributed by atoms with van der Waals surface area (Å²) in [4.78, 5) is 21.9. The molecule has 2 aliphatic rings. The summed E-state index contributed by atoms with van der Waals surface area (Å²) in [6, 6.07) is 12.2. The topological polar surface area (TPSA) is 54.5 Å². The molecule has 1 saturated heterocycles. The van der Waals surface area contributed by atoms with Gasteiger partial charge in [0.2, 0.25) is 0 Å². The first-order chi connectivity index (χ1) is 12.8. The van der Waals surface area contributed by atoms with Gasteiger partial charge in [-0.3, -0.25) is 14.7 Å². The maximum Gasteiger partial charge on any atom is 0.271 e. The Bertz CT molecular complexity index is 903.